The van der Waals surface area contributed by atoms with Gasteiger partial charge >= 0.3 is 0 Å². The third-order valence-electron chi connectivity index (χ3n) is 2.57. The molecule has 0 saturated heterocycles. The summed E-state index contributed by atoms with van der Waals surface area (Å²) < 4.78 is 0.927. The summed E-state index contributed by atoms with van der Waals surface area (Å²) in [6.07, 6.45) is 2.08. The van der Waals surface area contributed by atoms with Gasteiger partial charge in [-0.1, -0.05) is 0 Å². The topological polar surface area (TPSA) is 30.0 Å². The molecule has 0 spiro atoms. The van der Waals surface area contributed by atoms with Crippen LogP contribution in [0.2, 0.25) is 0 Å². The molecule has 0 bridgehead atoms. The van der Waals surface area contributed by atoms with Crippen LogP contribution in [0.5, 0.6) is 0 Å². The number of nitrogens with zero attached hydrogens (tertiary/aromatic N) is 1. The van der Waals surface area contributed by atoms with Gasteiger partial charge in [0.1, 0.15) is 0 Å². The van der Waals surface area contributed by atoms with Crippen LogP contribution in [0.25, 0.3) is 0 Å². The Balaban J connectivity index is 2.14. The summed E-state index contributed by atoms with van der Waals surface area (Å²) >= 11 is 4.88. The fourth-order valence-electron chi connectivity index (χ4n) is 1.47. The number of carbonyl (C=O) groups is 1. The molecule has 0 unspecified atom stereocenters. The van der Waals surface area contributed by atoms with E-state index in [1.165, 1.54) is 10.4 Å². The van der Waals surface area contributed by atoms with E-state index < -0.39 is 0 Å². The van der Waals surface area contributed by atoms with Crippen LogP contribution in [0.4, 0.5) is 0 Å². The van der Waals surface area contributed by atoms with Crippen LogP contribution < -0.4 is 0 Å². The number of ketones is 1. The van der Waals surface area contributed by atoms with Gasteiger partial charge in [-0.3, -0.25) is 9.78 Å². The minimum absolute atomic E-state index is 0.140. The van der Waals surface area contributed by atoms with Crippen molar-refractivity contribution < 1.29 is 4.79 Å². The Kier molecular flexibility index (Phi) is 3.74. The zero-order chi connectivity index (χ0) is 12.4. The number of hydrogen-bond acceptors (Lipinski definition) is 3. The number of aryl methyl sites for hydroxylation is 2. The predicted molar refractivity (Wildman–Crippen MR) is 73.8 cm³/mol. The Bertz CT molecular complexity index is 526. The van der Waals surface area contributed by atoms with E-state index in [0.717, 1.165) is 15.0 Å². The van der Waals surface area contributed by atoms with E-state index in [-0.39, 0.29) is 5.78 Å². The smallest absolute Gasteiger partial charge is 0.178 e. The molecule has 0 fully saturated rings. The first-order chi connectivity index (χ1) is 8.06. The molecule has 0 aliphatic rings. The molecule has 2 aromatic heterocycles. The first-order valence-corrected chi connectivity index (χ1v) is 6.88. The normalized spacial score (nSPS) is 10.5. The predicted octanol–water partition coefficient (Wildman–Crippen LogP) is 3.95. The number of rotatable bonds is 3. The molecule has 0 aliphatic carbocycles. The lowest BCUT2D eigenvalue weighted by Gasteiger charge is -1.98. The molecule has 17 heavy (non-hydrogen) atoms. The molecule has 88 valence electrons. The van der Waals surface area contributed by atoms with Crippen molar-refractivity contribution >= 4 is 33.0 Å². The molecule has 0 N–H and O–H groups in total. The summed E-state index contributed by atoms with van der Waals surface area (Å²) in [5, 5.41) is 0. The third kappa shape index (κ3) is 3.01. The first-order valence-electron chi connectivity index (χ1n) is 5.27. The Morgan fingerprint density at radius 2 is 2.18 bits per heavy atom. The van der Waals surface area contributed by atoms with Crippen molar-refractivity contribution in [3.8, 4) is 0 Å². The third-order valence-corrected chi connectivity index (χ3v) is 4.23. The van der Waals surface area contributed by atoms with Gasteiger partial charge in [0.2, 0.25) is 0 Å². The summed E-state index contributed by atoms with van der Waals surface area (Å²) in [4.78, 5) is 18.3. The molecule has 2 rings (SSSR count). The molecular weight excluding hydrogens is 298 g/mol. The lowest BCUT2D eigenvalue weighted by atomic mass is 10.1. The van der Waals surface area contributed by atoms with Crippen LogP contribution in [0, 0.1) is 13.8 Å². The van der Waals surface area contributed by atoms with Crippen molar-refractivity contribution in [2.24, 2.45) is 0 Å². The van der Waals surface area contributed by atoms with E-state index >= 15 is 0 Å². The lowest BCUT2D eigenvalue weighted by molar-refractivity contribution is 0.0996. The lowest BCUT2D eigenvalue weighted by Crippen LogP contribution is -2.02. The highest BCUT2D eigenvalue weighted by Crippen LogP contribution is 2.22. The molecule has 0 aromatic carbocycles. The van der Waals surface area contributed by atoms with Gasteiger partial charge in [-0.2, -0.15) is 0 Å². The van der Waals surface area contributed by atoms with Crippen LogP contribution in [0.1, 0.15) is 25.8 Å². The monoisotopic (exact) mass is 309 g/mol. The van der Waals surface area contributed by atoms with Gasteiger partial charge in [-0.05, 0) is 53.5 Å². The highest BCUT2D eigenvalue weighted by atomic mass is 79.9. The maximum atomic E-state index is 12.0. The van der Waals surface area contributed by atoms with Crippen LogP contribution in [0.3, 0.4) is 0 Å². The number of Topliss-reactive ketones (excluding diaryl/α,β-unsaturated/α-hetero) is 1. The van der Waals surface area contributed by atoms with Crippen molar-refractivity contribution in [1.29, 1.82) is 0 Å². The van der Waals surface area contributed by atoms with Gasteiger partial charge in [-0.25, -0.2) is 0 Å². The molecule has 0 radical (unpaired) electrons. The molecule has 2 nitrogen and oxygen atoms in total. The van der Waals surface area contributed by atoms with Gasteiger partial charge in [-0.15, -0.1) is 11.3 Å². The Morgan fingerprint density at radius 3 is 2.71 bits per heavy atom. The fraction of sp³-hybridized carbons (Fsp3) is 0.231. The average Bonchev–Trinajstić information content (AvgIpc) is 2.63. The van der Waals surface area contributed by atoms with Crippen molar-refractivity contribution in [2.45, 2.75) is 20.3 Å². The summed E-state index contributed by atoms with van der Waals surface area (Å²) in [6, 6.07) is 5.73. The molecule has 0 aliphatic heterocycles. The summed E-state index contributed by atoms with van der Waals surface area (Å²) in [7, 11) is 0. The highest BCUT2D eigenvalue weighted by Gasteiger charge is 2.11. The summed E-state index contributed by atoms with van der Waals surface area (Å²) in [5.74, 6) is 0.140. The van der Waals surface area contributed by atoms with Gasteiger partial charge < -0.3 is 0 Å². The van der Waals surface area contributed by atoms with Crippen molar-refractivity contribution in [1.82, 2.24) is 4.98 Å². The first kappa shape index (κ1) is 12.5. The van der Waals surface area contributed by atoms with E-state index in [9.17, 15) is 4.79 Å². The second-order valence-electron chi connectivity index (χ2n) is 3.92. The van der Waals surface area contributed by atoms with E-state index in [2.05, 4.69) is 20.9 Å². The zero-order valence-corrected chi connectivity index (χ0v) is 12.1. The molecule has 2 aromatic rings. The summed E-state index contributed by atoms with van der Waals surface area (Å²) in [5.41, 5.74) is 1.99. The van der Waals surface area contributed by atoms with Crippen molar-refractivity contribution in [2.75, 3.05) is 0 Å². The molecule has 0 saturated carbocycles. The second-order valence-corrected chi connectivity index (χ2v) is 6.09. The minimum atomic E-state index is 0.140. The Hall–Kier alpha value is -1.000. The fourth-order valence-corrected chi connectivity index (χ4v) is 2.68. The van der Waals surface area contributed by atoms with Gasteiger partial charge in [0.15, 0.2) is 5.78 Å². The number of halogens is 1. The Morgan fingerprint density at radius 1 is 1.41 bits per heavy atom. The van der Waals surface area contributed by atoms with Gasteiger partial charge in [0.05, 0.1) is 11.3 Å². The van der Waals surface area contributed by atoms with Crippen LogP contribution in [0.15, 0.2) is 28.9 Å². The number of thiophene rings is 1. The van der Waals surface area contributed by atoms with Crippen LogP contribution in [-0.4, -0.2) is 10.8 Å². The standard InChI is InChI=1S/C13H12BrNOS/c1-8-5-13(17-9(8)2)12(16)6-11-4-3-10(14)7-15-11/h3-5,7H,6H2,1-2H3. The van der Waals surface area contributed by atoms with E-state index in [0.29, 0.717) is 6.42 Å². The van der Waals surface area contributed by atoms with Crippen LogP contribution >= 0.6 is 27.3 Å². The largest absolute Gasteiger partial charge is 0.293 e. The van der Waals surface area contributed by atoms with Gasteiger partial charge in [0, 0.05) is 21.2 Å². The number of carbonyl (C=O) groups excluding carboxylic acids is 1. The maximum absolute atomic E-state index is 12.0. The number of pyridine rings is 1. The molecule has 0 atom stereocenters. The van der Waals surface area contributed by atoms with E-state index in [1.54, 1.807) is 17.5 Å². The maximum Gasteiger partial charge on any atom is 0.178 e. The highest BCUT2D eigenvalue weighted by molar-refractivity contribution is 9.10. The zero-order valence-electron chi connectivity index (χ0n) is 9.66. The Labute approximate surface area is 113 Å². The second kappa shape index (κ2) is 5.10. The average molecular weight is 310 g/mol. The van der Waals surface area contributed by atoms with E-state index in [4.69, 9.17) is 0 Å². The SMILES string of the molecule is Cc1cc(C(=O)Cc2ccc(Br)cn2)sc1C. The van der Waals surface area contributed by atoms with Crippen molar-refractivity contribution in [3.63, 3.8) is 0 Å². The van der Waals surface area contributed by atoms with Crippen LogP contribution in [-0.2, 0) is 6.42 Å². The number of aromatic nitrogens is 1. The van der Waals surface area contributed by atoms with Crippen molar-refractivity contribution in [3.05, 3.63) is 49.9 Å². The molecule has 0 amide bonds. The summed E-state index contributed by atoms with van der Waals surface area (Å²) in [6.45, 7) is 4.06. The molecule has 4 heteroatoms. The molecular formula is C13H12BrNOS. The minimum Gasteiger partial charge on any atom is -0.293 e. The quantitative estimate of drug-likeness (QED) is 0.804. The number of hydrogen-bond donors (Lipinski definition) is 0. The van der Waals surface area contributed by atoms with Gasteiger partial charge in [0.25, 0.3) is 0 Å². The molecule has 2 heterocycles. The van der Waals surface area contributed by atoms with E-state index in [1.807, 2.05) is 32.0 Å².